The number of carbonyl (C=O) groups is 1. The fourth-order valence-electron chi connectivity index (χ4n) is 2.82. The van der Waals surface area contributed by atoms with E-state index in [2.05, 4.69) is 10.4 Å². The van der Waals surface area contributed by atoms with Crippen molar-refractivity contribution in [2.75, 3.05) is 20.3 Å². The van der Waals surface area contributed by atoms with Gasteiger partial charge in [0.15, 0.2) is 0 Å². The molecule has 1 N–H and O–H groups in total. The van der Waals surface area contributed by atoms with Gasteiger partial charge in [-0.1, -0.05) is 41.4 Å². The lowest BCUT2D eigenvalue weighted by Crippen LogP contribution is -2.46. The largest absolute Gasteiger partial charge is 0.383 e. The minimum absolute atomic E-state index is 0.0506. The molecule has 0 atom stereocenters. The number of benzene rings is 2. The van der Waals surface area contributed by atoms with Crippen molar-refractivity contribution in [3.63, 3.8) is 0 Å². The van der Waals surface area contributed by atoms with Crippen molar-refractivity contribution in [1.29, 1.82) is 0 Å². The van der Waals surface area contributed by atoms with Crippen LogP contribution >= 0.6 is 11.6 Å². The molecule has 1 amide bonds. The number of nitrogens with one attached hydrogen (secondary N) is 1. The molecule has 8 nitrogen and oxygen atoms in total. The molecule has 2 aromatic carbocycles. The van der Waals surface area contributed by atoms with E-state index in [0.717, 1.165) is 14.8 Å². The Bertz CT molecular complexity index is 1170. The third-order valence-corrected chi connectivity index (χ3v) is 4.61. The van der Waals surface area contributed by atoms with Gasteiger partial charge in [0.25, 0.3) is 11.5 Å². The number of methoxy groups -OCH3 is 1. The number of rotatable bonds is 7. The maximum Gasteiger partial charge on any atom is 0.352 e. The average molecular weight is 429 g/mol. The third kappa shape index (κ3) is 4.84. The minimum Gasteiger partial charge on any atom is -0.383 e. The summed E-state index contributed by atoms with van der Waals surface area (Å²) in [6, 6.07) is 13.8. The van der Waals surface area contributed by atoms with E-state index >= 15 is 0 Å². The summed E-state index contributed by atoms with van der Waals surface area (Å²) in [5, 5.41) is 7.11. The Hall–Kier alpha value is -3.23. The molecule has 0 saturated heterocycles. The Morgan fingerprint density at radius 2 is 1.90 bits per heavy atom. The summed E-state index contributed by atoms with van der Waals surface area (Å²) in [6.45, 7) is 2.34. The summed E-state index contributed by atoms with van der Waals surface area (Å²) < 4.78 is 6.94. The predicted molar refractivity (Wildman–Crippen MR) is 114 cm³/mol. The van der Waals surface area contributed by atoms with E-state index < -0.39 is 17.2 Å². The fourth-order valence-corrected chi connectivity index (χ4v) is 3.03. The lowest BCUT2D eigenvalue weighted by Gasteiger charge is -2.12. The molecular formula is C21H21ClN4O4. The number of hydrogen-bond donors (Lipinski definition) is 1. The van der Waals surface area contributed by atoms with Gasteiger partial charge in [0.2, 0.25) is 5.69 Å². The second kappa shape index (κ2) is 9.51. The highest BCUT2D eigenvalue weighted by Crippen LogP contribution is 2.11. The molecule has 1 heterocycles. The lowest BCUT2D eigenvalue weighted by atomic mass is 10.2. The van der Waals surface area contributed by atoms with Gasteiger partial charge < -0.3 is 10.1 Å². The van der Waals surface area contributed by atoms with Gasteiger partial charge in [0, 0.05) is 18.7 Å². The van der Waals surface area contributed by atoms with Crippen LogP contribution in [-0.4, -0.2) is 40.5 Å². The molecule has 0 saturated carbocycles. The Morgan fingerprint density at radius 3 is 2.57 bits per heavy atom. The number of hydrogen-bond acceptors (Lipinski definition) is 5. The average Bonchev–Trinajstić information content (AvgIpc) is 2.72. The number of carbonyl (C=O) groups excluding carboxylic acids is 1. The molecule has 3 rings (SSSR count). The van der Waals surface area contributed by atoms with E-state index in [1.807, 2.05) is 19.1 Å². The number of nitrogens with zero attached hydrogens (tertiary/aromatic N) is 3. The van der Waals surface area contributed by atoms with Crippen LogP contribution in [0.1, 0.15) is 21.6 Å². The zero-order valence-electron chi connectivity index (χ0n) is 16.6. The molecule has 30 heavy (non-hydrogen) atoms. The minimum atomic E-state index is -0.779. The first-order chi connectivity index (χ1) is 14.4. The van der Waals surface area contributed by atoms with Crippen LogP contribution in [-0.2, 0) is 11.3 Å². The summed E-state index contributed by atoms with van der Waals surface area (Å²) in [7, 11) is 1.50. The van der Waals surface area contributed by atoms with Crippen molar-refractivity contribution in [3.8, 4) is 5.69 Å². The van der Waals surface area contributed by atoms with Gasteiger partial charge in [-0.05, 0) is 36.8 Å². The first kappa shape index (κ1) is 21.5. The smallest absolute Gasteiger partial charge is 0.352 e. The van der Waals surface area contributed by atoms with Crippen LogP contribution in [0.15, 0.2) is 58.1 Å². The molecule has 0 unspecified atom stereocenters. The highest BCUT2D eigenvalue weighted by Gasteiger charge is 2.20. The standard InChI is InChI=1S/C21H21ClN4O4/c1-14-6-8-17(9-7-14)26-21(29)25(13-15-4-3-5-16(22)12-15)20(28)18(24-26)19(27)23-10-11-30-2/h3-9,12H,10-11,13H2,1-2H3,(H,23,27). The number of aryl methyl sites for hydroxylation is 1. The molecule has 0 aliphatic heterocycles. The fraction of sp³-hybridized carbons (Fsp3) is 0.238. The van der Waals surface area contributed by atoms with Crippen molar-refractivity contribution in [3.05, 3.63) is 91.2 Å². The third-order valence-electron chi connectivity index (χ3n) is 4.37. The van der Waals surface area contributed by atoms with Crippen molar-refractivity contribution < 1.29 is 9.53 Å². The van der Waals surface area contributed by atoms with Crippen LogP contribution in [0.5, 0.6) is 0 Å². The predicted octanol–water partition coefficient (Wildman–Crippen LogP) is 1.78. The van der Waals surface area contributed by atoms with Crippen LogP contribution in [0.3, 0.4) is 0 Å². The lowest BCUT2D eigenvalue weighted by molar-refractivity contribution is 0.0927. The zero-order chi connectivity index (χ0) is 21.7. The normalized spacial score (nSPS) is 10.8. The van der Waals surface area contributed by atoms with Crippen molar-refractivity contribution in [2.24, 2.45) is 0 Å². The van der Waals surface area contributed by atoms with Gasteiger partial charge in [-0.3, -0.25) is 14.2 Å². The molecule has 0 radical (unpaired) electrons. The Labute approximate surface area is 177 Å². The highest BCUT2D eigenvalue weighted by atomic mass is 35.5. The van der Waals surface area contributed by atoms with Gasteiger partial charge in [-0.15, -0.1) is 0 Å². The van der Waals surface area contributed by atoms with Gasteiger partial charge in [0.1, 0.15) is 0 Å². The van der Waals surface area contributed by atoms with Gasteiger partial charge in [-0.2, -0.15) is 9.78 Å². The maximum atomic E-state index is 13.1. The molecule has 0 aliphatic rings. The van der Waals surface area contributed by atoms with E-state index in [4.69, 9.17) is 16.3 Å². The molecule has 3 aromatic rings. The van der Waals surface area contributed by atoms with E-state index in [0.29, 0.717) is 16.3 Å². The highest BCUT2D eigenvalue weighted by molar-refractivity contribution is 6.30. The van der Waals surface area contributed by atoms with Crippen LogP contribution in [0.2, 0.25) is 5.02 Å². The molecule has 1 aromatic heterocycles. The Morgan fingerprint density at radius 1 is 1.17 bits per heavy atom. The molecular weight excluding hydrogens is 408 g/mol. The van der Waals surface area contributed by atoms with E-state index in [1.165, 1.54) is 7.11 Å². The second-order valence-corrected chi connectivity index (χ2v) is 7.08. The van der Waals surface area contributed by atoms with Gasteiger partial charge >= 0.3 is 5.69 Å². The van der Waals surface area contributed by atoms with E-state index in [9.17, 15) is 14.4 Å². The number of amides is 1. The van der Waals surface area contributed by atoms with E-state index in [1.54, 1.807) is 36.4 Å². The molecule has 0 aliphatic carbocycles. The first-order valence-electron chi connectivity index (χ1n) is 9.23. The summed E-state index contributed by atoms with van der Waals surface area (Å²) >= 11 is 6.03. The molecule has 0 bridgehead atoms. The topological polar surface area (TPSA) is 95.2 Å². The van der Waals surface area contributed by atoms with Crippen molar-refractivity contribution in [2.45, 2.75) is 13.5 Å². The van der Waals surface area contributed by atoms with Crippen LogP contribution in [0, 0.1) is 6.92 Å². The second-order valence-electron chi connectivity index (χ2n) is 6.65. The quantitative estimate of drug-likeness (QED) is 0.579. The van der Waals surface area contributed by atoms with Crippen LogP contribution < -0.4 is 16.6 Å². The Balaban J connectivity index is 2.13. The Kier molecular flexibility index (Phi) is 6.81. The molecule has 0 fully saturated rings. The van der Waals surface area contributed by atoms with Crippen molar-refractivity contribution >= 4 is 17.5 Å². The molecule has 156 valence electrons. The van der Waals surface area contributed by atoms with Gasteiger partial charge in [-0.25, -0.2) is 4.79 Å². The summed E-state index contributed by atoms with van der Waals surface area (Å²) in [6.07, 6.45) is 0. The molecule has 0 spiro atoms. The van der Waals surface area contributed by atoms with E-state index in [-0.39, 0.29) is 25.4 Å². The summed E-state index contributed by atoms with van der Waals surface area (Å²) in [5.41, 5.74) is 0.269. The summed E-state index contributed by atoms with van der Waals surface area (Å²) in [4.78, 5) is 38.6. The molecule has 9 heteroatoms. The van der Waals surface area contributed by atoms with Gasteiger partial charge in [0.05, 0.1) is 18.8 Å². The monoisotopic (exact) mass is 428 g/mol. The number of halogens is 1. The van der Waals surface area contributed by atoms with Crippen molar-refractivity contribution in [1.82, 2.24) is 19.7 Å². The van der Waals surface area contributed by atoms with Crippen LogP contribution in [0.25, 0.3) is 5.69 Å². The maximum absolute atomic E-state index is 13.1. The number of aromatic nitrogens is 3. The summed E-state index contributed by atoms with van der Waals surface area (Å²) in [5.74, 6) is -0.683. The van der Waals surface area contributed by atoms with Crippen LogP contribution in [0.4, 0.5) is 0 Å². The number of ether oxygens (including phenoxy) is 1. The SMILES string of the molecule is COCCNC(=O)c1nn(-c2ccc(C)cc2)c(=O)n(Cc2cccc(Cl)c2)c1=O. The zero-order valence-corrected chi connectivity index (χ0v) is 17.3. The first-order valence-corrected chi connectivity index (χ1v) is 9.61.